The lowest BCUT2D eigenvalue weighted by Gasteiger charge is -2.10. The molecule has 0 saturated heterocycles. The van der Waals surface area contributed by atoms with Gasteiger partial charge in [-0.25, -0.2) is 4.39 Å². The fourth-order valence-corrected chi connectivity index (χ4v) is 3.46. The Morgan fingerprint density at radius 3 is 1.60 bits per heavy atom. The van der Waals surface area contributed by atoms with Crippen LogP contribution in [-0.4, -0.2) is 26.7 Å². The van der Waals surface area contributed by atoms with Crippen molar-refractivity contribution in [3.05, 3.63) is 35.1 Å². The Labute approximate surface area is 94.8 Å². The van der Waals surface area contributed by atoms with E-state index in [4.69, 9.17) is 0 Å². The van der Waals surface area contributed by atoms with E-state index >= 15 is 0 Å². The van der Waals surface area contributed by atoms with Gasteiger partial charge in [0.15, 0.2) is 0 Å². The summed E-state index contributed by atoms with van der Waals surface area (Å²) in [7, 11) is 0.0335. The van der Waals surface area contributed by atoms with Crippen molar-refractivity contribution in [3.63, 3.8) is 0 Å². The second-order valence-corrected chi connectivity index (χ2v) is 9.39. The summed E-state index contributed by atoms with van der Waals surface area (Å²) in [6, 6.07) is 5.53. The van der Waals surface area contributed by atoms with Crippen molar-refractivity contribution in [2.24, 2.45) is 0 Å². The first-order valence-corrected chi connectivity index (χ1v) is 9.89. The zero-order chi connectivity index (χ0) is 11.4. The molecule has 84 valence electrons. The molecule has 0 saturated carbocycles. The summed E-state index contributed by atoms with van der Waals surface area (Å²) >= 11 is 0. The Bertz CT molecular complexity index is 293. The highest BCUT2D eigenvalue weighted by Crippen LogP contribution is 2.34. The van der Waals surface area contributed by atoms with Gasteiger partial charge in [-0.05, 0) is 62.2 Å². The first-order valence-electron chi connectivity index (χ1n) is 5.05. The average molecular weight is 244 g/mol. The Morgan fingerprint density at radius 2 is 1.27 bits per heavy atom. The highest BCUT2D eigenvalue weighted by Gasteiger charge is 2.04. The molecule has 0 atom stereocenters. The first-order chi connectivity index (χ1) is 6.97. The van der Waals surface area contributed by atoms with E-state index in [1.165, 1.54) is 0 Å². The summed E-state index contributed by atoms with van der Waals surface area (Å²) in [6.45, 7) is 8.91. The monoisotopic (exact) mass is 244 g/mol. The van der Waals surface area contributed by atoms with Gasteiger partial charge in [-0.3, -0.25) is 0 Å². The van der Waals surface area contributed by atoms with Gasteiger partial charge in [0.05, 0.1) is 0 Å². The zero-order valence-corrected chi connectivity index (χ0v) is 11.7. The second kappa shape index (κ2) is 5.92. The molecule has 0 nitrogen and oxygen atoms in total. The Balaban J connectivity index is 2.84. The number of rotatable bonds is 4. The van der Waals surface area contributed by atoms with E-state index in [0.717, 1.165) is 23.5 Å². The van der Waals surface area contributed by atoms with Crippen LogP contribution in [0.4, 0.5) is 4.39 Å². The molecule has 0 unspecified atom stereocenters. The van der Waals surface area contributed by atoms with Gasteiger partial charge in [-0.15, -0.1) is 15.8 Å². The summed E-state index contributed by atoms with van der Waals surface area (Å²) in [4.78, 5) is 0. The molecule has 0 radical (unpaired) electrons. The van der Waals surface area contributed by atoms with E-state index in [0.29, 0.717) is 0 Å². The van der Waals surface area contributed by atoms with Gasteiger partial charge in [0, 0.05) is 0 Å². The van der Waals surface area contributed by atoms with Gasteiger partial charge in [-0.2, -0.15) is 0 Å². The molecule has 0 aromatic heterocycles. The molecular weight excluding hydrogens is 225 g/mol. The van der Waals surface area contributed by atoms with Crippen LogP contribution in [0.5, 0.6) is 0 Å². The minimum Gasteiger partial charge on any atom is -0.207 e. The molecule has 15 heavy (non-hydrogen) atoms. The summed E-state index contributed by atoms with van der Waals surface area (Å²) in [5.41, 5.74) is 2.33. The lowest BCUT2D eigenvalue weighted by Crippen LogP contribution is -1.90. The van der Waals surface area contributed by atoms with Crippen LogP contribution in [0.3, 0.4) is 0 Å². The lowest BCUT2D eigenvalue weighted by molar-refractivity contribution is 0.625. The maximum Gasteiger partial charge on any atom is 0.123 e. The van der Waals surface area contributed by atoms with Crippen LogP contribution in [0, 0.1) is 5.82 Å². The van der Waals surface area contributed by atoms with Crippen molar-refractivity contribution in [2.75, 3.05) is 26.7 Å². The summed E-state index contributed by atoms with van der Waals surface area (Å²) in [5, 5.41) is 0. The van der Waals surface area contributed by atoms with E-state index in [-0.39, 0.29) is 21.7 Å². The van der Waals surface area contributed by atoms with Crippen LogP contribution in [-0.2, 0) is 12.3 Å². The molecule has 0 fully saturated rings. The first kappa shape index (κ1) is 13.1. The van der Waals surface area contributed by atoms with Crippen LogP contribution in [0.25, 0.3) is 0 Å². The maximum atomic E-state index is 13.3. The lowest BCUT2D eigenvalue weighted by atomic mass is 10.1. The third-order valence-corrected chi connectivity index (χ3v) is 4.01. The van der Waals surface area contributed by atoms with Crippen molar-refractivity contribution in [1.29, 1.82) is 0 Å². The minimum absolute atomic E-state index is 0.0168. The number of benzene rings is 1. The van der Waals surface area contributed by atoms with E-state index in [9.17, 15) is 4.39 Å². The largest absolute Gasteiger partial charge is 0.207 e. The van der Waals surface area contributed by atoms with E-state index in [1.54, 1.807) is 12.1 Å². The second-order valence-electron chi connectivity index (χ2n) is 4.44. The third-order valence-electron chi connectivity index (χ3n) is 2.01. The van der Waals surface area contributed by atoms with Gasteiger partial charge < -0.3 is 0 Å². The van der Waals surface area contributed by atoms with Crippen LogP contribution >= 0.6 is 15.8 Å². The Morgan fingerprint density at radius 1 is 0.867 bits per heavy atom. The number of hydrogen-bond acceptors (Lipinski definition) is 0. The molecule has 0 N–H and O–H groups in total. The SMILES string of the molecule is CP(C)Cc1cc(F)cc(CP(C)C)c1. The molecule has 1 aromatic carbocycles. The summed E-state index contributed by atoms with van der Waals surface area (Å²) in [6.07, 6.45) is 2.07. The Kier molecular flexibility index (Phi) is 5.16. The van der Waals surface area contributed by atoms with Crippen LogP contribution < -0.4 is 0 Å². The molecule has 0 aliphatic heterocycles. The average Bonchev–Trinajstić information content (AvgIpc) is 1.98. The molecule has 0 spiro atoms. The highest BCUT2D eigenvalue weighted by molar-refractivity contribution is 7.55. The molecule has 3 heteroatoms. The van der Waals surface area contributed by atoms with Crippen molar-refractivity contribution in [2.45, 2.75) is 12.3 Å². The van der Waals surface area contributed by atoms with E-state index in [2.05, 4.69) is 32.7 Å². The molecule has 0 aliphatic carbocycles. The highest BCUT2D eigenvalue weighted by atomic mass is 31.1. The van der Waals surface area contributed by atoms with Crippen LogP contribution in [0.15, 0.2) is 18.2 Å². The quantitative estimate of drug-likeness (QED) is 0.692. The minimum atomic E-state index is -0.0730. The molecule has 0 bridgehead atoms. The molecule has 0 heterocycles. The normalized spacial score (nSPS) is 11.4. The smallest absolute Gasteiger partial charge is 0.123 e. The third kappa shape index (κ3) is 5.05. The maximum absolute atomic E-state index is 13.3. The van der Waals surface area contributed by atoms with Gasteiger partial charge >= 0.3 is 0 Å². The van der Waals surface area contributed by atoms with Crippen molar-refractivity contribution < 1.29 is 4.39 Å². The van der Waals surface area contributed by atoms with Crippen LogP contribution in [0.1, 0.15) is 11.1 Å². The summed E-state index contributed by atoms with van der Waals surface area (Å²) < 4.78 is 13.3. The molecule has 0 aliphatic rings. The van der Waals surface area contributed by atoms with Gasteiger partial charge in [-0.1, -0.05) is 6.07 Å². The molecule has 1 rings (SSSR count). The summed E-state index contributed by atoms with van der Waals surface area (Å²) in [5.74, 6) is -0.0730. The fraction of sp³-hybridized carbons (Fsp3) is 0.500. The van der Waals surface area contributed by atoms with E-state index in [1.807, 2.05) is 0 Å². The topological polar surface area (TPSA) is 0 Å². The van der Waals surface area contributed by atoms with Crippen molar-refractivity contribution >= 4 is 15.8 Å². The van der Waals surface area contributed by atoms with E-state index < -0.39 is 0 Å². The van der Waals surface area contributed by atoms with Crippen molar-refractivity contribution in [3.8, 4) is 0 Å². The number of halogens is 1. The number of hydrogen-bond donors (Lipinski definition) is 0. The van der Waals surface area contributed by atoms with Gasteiger partial charge in [0.25, 0.3) is 0 Å². The predicted octanol–water partition coefficient (Wildman–Crippen LogP) is 4.31. The van der Waals surface area contributed by atoms with Gasteiger partial charge in [0.2, 0.25) is 0 Å². The fourth-order valence-electron chi connectivity index (χ4n) is 1.63. The predicted molar refractivity (Wildman–Crippen MR) is 71.3 cm³/mol. The van der Waals surface area contributed by atoms with Gasteiger partial charge in [0.1, 0.15) is 5.82 Å². The van der Waals surface area contributed by atoms with Crippen LogP contribution in [0.2, 0.25) is 0 Å². The molecular formula is C12H19FP2. The van der Waals surface area contributed by atoms with Crippen molar-refractivity contribution in [1.82, 2.24) is 0 Å². The molecule has 0 amide bonds. The zero-order valence-electron chi connectivity index (χ0n) is 9.92. The standard InChI is InChI=1S/C12H19FP2/c1-14(2)8-10-5-11(9-15(3)4)7-12(13)6-10/h5-7H,8-9H2,1-4H3. The Hall–Kier alpha value is 0.01000. The molecule has 1 aromatic rings.